The molecule has 0 radical (unpaired) electrons. The van der Waals surface area contributed by atoms with E-state index in [0.717, 1.165) is 28.3 Å². The Labute approximate surface area is 70.4 Å². The van der Waals surface area contributed by atoms with E-state index in [4.69, 9.17) is 9.29 Å². The second-order valence-electron chi connectivity index (χ2n) is 2.22. The molecule has 0 fully saturated rings. The molecule has 0 unspecified atom stereocenters. The van der Waals surface area contributed by atoms with E-state index in [2.05, 4.69) is 0 Å². The van der Waals surface area contributed by atoms with E-state index in [9.17, 15) is 0 Å². The molecular formula is C8H10O2S. The van der Waals surface area contributed by atoms with Gasteiger partial charge in [-0.2, -0.15) is 0 Å². The molecule has 0 aliphatic heterocycles. The van der Waals surface area contributed by atoms with Crippen molar-refractivity contribution in [2.75, 3.05) is 7.11 Å². The number of benzene rings is 1. The van der Waals surface area contributed by atoms with Gasteiger partial charge in [0.2, 0.25) is 0 Å². The molecule has 0 atom stereocenters. The predicted octanol–water partition coefficient (Wildman–Crippen LogP) is 2.57. The van der Waals surface area contributed by atoms with Gasteiger partial charge >= 0.3 is 0 Å². The first kappa shape index (κ1) is 8.43. The summed E-state index contributed by atoms with van der Waals surface area (Å²) in [6.45, 7) is 1.93. The Morgan fingerprint density at radius 2 is 2.18 bits per heavy atom. The summed E-state index contributed by atoms with van der Waals surface area (Å²) >= 11 is 0.759. The van der Waals surface area contributed by atoms with Crippen LogP contribution in [-0.4, -0.2) is 11.7 Å². The molecule has 0 aliphatic carbocycles. The fourth-order valence-electron chi connectivity index (χ4n) is 0.851. The third-order valence-corrected chi connectivity index (χ3v) is 2.14. The van der Waals surface area contributed by atoms with Crippen molar-refractivity contribution in [2.24, 2.45) is 0 Å². The highest BCUT2D eigenvalue weighted by Gasteiger charge is 1.98. The van der Waals surface area contributed by atoms with Crippen molar-refractivity contribution >= 4 is 12.0 Å². The molecule has 0 saturated heterocycles. The van der Waals surface area contributed by atoms with Crippen LogP contribution in [0.25, 0.3) is 0 Å². The van der Waals surface area contributed by atoms with Gasteiger partial charge in [0.25, 0.3) is 0 Å². The predicted molar refractivity (Wildman–Crippen MR) is 46.2 cm³/mol. The van der Waals surface area contributed by atoms with Crippen molar-refractivity contribution in [1.82, 2.24) is 0 Å². The maximum absolute atomic E-state index is 8.76. The maximum atomic E-state index is 8.76. The molecule has 0 heterocycles. The molecule has 0 bridgehead atoms. The van der Waals surface area contributed by atoms with Gasteiger partial charge in [-0.05, 0) is 30.7 Å². The van der Waals surface area contributed by atoms with Crippen LogP contribution in [0.3, 0.4) is 0 Å². The van der Waals surface area contributed by atoms with E-state index in [1.807, 2.05) is 25.1 Å². The van der Waals surface area contributed by atoms with E-state index in [0.29, 0.717) is 0 Å². The minimum atomic E-state index is 0.759. The Morgan fingerprint density at radius 1 is 1.45 bits per heavy atom. The van der Waals surface area contributed by atoms with E-state index < -0.39 is 0 Å². The zero-order chi connectivity index (χ0) is 8.27. The second-order valence-corrected chi connectivity index (χ2v) is 2.85. The largest absolute Gasteiger partial charge is 0.497 e. The van der Waals surface area contributed by atoms with Crippen molar-refractivity contribution in [1.29, 1.82) is 0 Å². The number of rotatable bonds is 2. The summed E-state index contributed by atoms with van der Waals surface area (Å²) in [5.41, 5.74) is 1.02. The summed E-state index contributed by atoms with van der Waals surface area (Å²) in [6.07, 6.45) is 0. The van der Waals surface area contributed by atoms with Crippen LogP contribution in [0.15, 0.2) is 23.1 Å². The lowest BCUT2D eigenvalue weighted by atomic mass is 10.2. The quantitative estimate of drug-likeness (QED) is 0.692. The van der Waals surface area contributed by atoms with Crippen LogP contribution in [0.2, 0.25) is 0 Å². The van der Waals surface area contributed by atoms with E-state index in [1.54, 1.807) is 7.11 Å². The van der Waals surface area contributed by atoms with Crippen LogP contribution < -0.4 is 4.74 Å². The van der Waals surface area contributed by atoms with Gasteiger partial charge in [0.15, 0.2) is 0 Å². The molecule has 0 amide bonds. The van der Waals surface area contributed by atoms with Gasteiger partial charge in [-0.3, -0.25) is 0 Å². The van der Waals surface area contributed by atoms with E-state index >= 15 is 0 Å². The summed E-state index contributed by atoms with van der Waals surface area (Å²) in [4.78, 5) is 0.866. The topological polar surface area (TPSA) is 29.5 Å². The molecule has 0 spiro atoms. The standard InChI is InChI=1S/C8H10O2S/c1-6-5-7(10-2)3-4-8(6)11-9/h3-5,9H,1-2H3. The normalized spacial score (nSPS) is 9.73. The van der Waals surface area contributed by atoms with Crippen molar-refractivity contribution in [3.05, 3.63) is 23.8 Å². The molecular weight excluding hydrogens is 160 g/mol. The third-order valence-electron chi connectivity index (χ3n) is 1.48. The van der Waals surface area contributed by atoms with E-state index in [-0.39, 0.29) is 0 Å². The highest BCUT2D eigenvalue weighted by atomic mass is 32.2. The smallest absolute Gasteiger partial charge is 0.119 e. The van der Waals surface area contributed by atoms with Crippen molar-refractivity contribution in [3.63, 3.8) is 0 Å². The highest BCUT2D eigenvalue weighted by Crippen LogP contribution is 2.23. The van der Waals surface area contributed by atoms with Gasteiger partial charge in [-0.1, -0.05) is 0 Å². The first-order valence-electron chi connectivity index (χ1n) is 3.24. The lowest BCUT2D eigenvalue weighted by Gasteiger charge is -2.03. The Morgan fingerprint density at radius 3 is 2.64 bits per heavy atom. The fraction of sp³-hybridized carbons (Fsp3) is 0.250. The Balaban J connectivity index is 2.99. The first-order chi connectivity index (χ1) is 5.27. The highest BCUT2D eigenvalue weighted by molar-refractivity contribution is 7.93. The molecule has 0 saturated carbocycles. The molecule has 3 heteroatoms. The number of methoxy groups -OCH3 is 1. The first-order valence-corrected chi connectivity index (χ1v) is 4.01. The Hall–Kier alpha value is -0.670. The van der Waals surface area contributed by atoms with Gasteiger partial charge < -0.3 is 9.29 Å². The molecule has 2 nitrogen and oxygen atoms in total. The van der Waals surface area contributed by atoms with Crippen molar-refractivity contribution < 1.29 is 9.29 Å². The number of hydrogen-bond donors (Lipinski definition) is 1. The van der Waals surface area contributed by atoms with Crippen molar-refractivity contribution in [3.8, 4) is 5.75 Å². The Bertz CT molecular complexity index is 248. The lowest BCUT2D eigenvalue weighted by Crippen LogP contribution is -1.84. The number of aryl methyl sites for hydroxylation is 1. The minimum Gasteiger partial charge on any atom is -0.497 e. The van der Waals surface area contributed by atoms with Crippen molar-refractivity contribution in [2.45, 2.75) is 11.8 Å². The molecule has 1 N–H and O–H groups in total. The average Bonchev–Trinajstić information content (AvgIpc) is 2.04. The monoisotopic (exact) mass is 170 g/mol. The minimum absolute atomic E-state index is 0.759. The van der Waals surface area contributed by atoms with Crippen LogP contribution in [0, 0.1) is 6.92 Å². The van der Waals surface area contributed by atoms with Crippen LogP contribution in [0.1, 0.15) is 5.56 Å². The van der Waals surface area contributed by atoms with Crippen LogP contribution in [0.5, 0.6) is 5.75 Å². The average molecular weight is 170 g/mol. The second kappa shape index (κ2) is 3.64. The zero-order valence-corrected chi connectivity index (χ0v) is 7.31. The molecule has 60 valence electrons. The number of hydrogen-bond acceptors (Lipinski definition) is 3. The van der Waals surface area contributed by atoms with Crippen LogP contribution in [-0.2, 0) is 0 Å². The van der Waals surface area contributed by atoms with Gasteiger partial charge in [0.05, 0.1) is 7.11 Å². The lowest BCUT2D eigenvalue weighted by molar-refractivity contribution is 0.414. The van der Waals surface area contributed by atoms with Crippen LogP contribution in [0.4, 0.5) is 0 Å². The zero-order valence-electron chi connectivity index (χ0n) is 6.50. The molecule has 0 aromatic heterocycles. The van der Waals surface area contributed by atoms with Gasteiger partial charge in [0.1, 0.15) is 5.75 Å². The van der Waals surface area contributed by atoms with Gasteiger partial charge in [-0.25, -0.2) is 0 Å². The maximum Gasteiger partial charge on any atom is 0.119 e. The number of ether oxygens (including phenoxy) is 1. The van der Waals surface area contributed by atoms with E-state index in [1.165, 1.54) is 0 Å². The molecule has 1 rings (SSSR count). The molecule has 0 aliphatic rings. The molecule has 11 heavy (non-hydrogen) atoms. The summed E-state index contributed by atoms with van der Waals surface area (Å²) < 4.78 is 13.8. The summed E-state index contributed by atoms with van der Waals surface area (Å²) in [5.74, 6) is 0.820. The third kappa shape index (κ3) is 1.88. The SMILES string of the molecule is COc1ccc(SO)c(C)c1. The van der Waals surface area contributed by atoms with Gasteiger partial charge in [0, 0.05) is 16.9 Å². The fourth-order valence-corrected chi connectivity index (χ4v) is 1.18. The summed E-state index contributed by atoms with van der Waals surface area (Å²) in [5, 5.41) is 0. The summed E-state index contributed by atoms with van der Waals surface area (Å²) in [7, 11) is 1.63. The molecule has 1 aromatic rings. The summed E-state index contributed by atoms with van der Waals surface area (Å²) in [6, 6.07) is 5.54. The Kier molecular flexibility index (Phi) is 2.79. The molecule has 1 aromatic carbocycles. The van der Waals surface area contributed by atoms with Crippen LogP contribution >= 0.6 is 12.0 Å². The van der Waals surface area contributed by atoms with Gasteiger partial charge in [-0.15, -0.1) is 0 Å².